The van der Waals surface area contributed by atoms with Crippen molar-refractivity contribution in [3.05, 3.63) is 65.7 Å². The average Bonchev–Trinajstić information content (AvgIpc) is 2.47. The number of benzene rings is 2. The molecule has 1 amide bonds. The molecule has 0 aliphatic carbocycles. The highest BCUT2D eigenvalue weighted by atomic mass is 16.1. The Morgan fingerprint density at radius 1 is 1.05 bits per heavy atom. The molecule has 2 N–H and O–H groups in total. The Morgan fingerprint density at radius 2 is 1.70 bits per heavy atom. The van der Waals surface area contributed by atoms with Crippen molar-refractivity contribution in [2.75, 3.05) is 11.9 Å². The summed E-state index contributed by atoms with van der Waals surface area (Å²) in [6, 6.07) is 18.0. The number of carbonyl (C=O) groups is 1. The molecule has 1 unspecified atom stereocenters. The van der Waals surface area contributed by atoms with Crippen LogP contribution in [0.2, 0.25) is 0 Å². The zero-order valence-electron chi connectivity index (χ0n) is 11.9. The Morgan fingerprint density at radius 3 is 2.35 bits per heavy atom. The van der Waals surface area contributed by atoms with Gasteiger partial charge < -0.3 is 10.6 Å². The predicted octanol–water partition coefficient (Wildman–Crippen LogP) is 3.28. The fraction of sp³-hybridized carbons (Fsp3) is 0.235. The Labute approximate surface area is 120 Å². The number of carbonyl (C=O) groups excluding carboxylic acids is 1. The summed E-state index contributed by atoms with van der Waals surface area (Å²) < 4.78 is 0. The molecular formula is C17H20N2O. The van der Waals surface area contributed by atoms with Crippen LogP contribution in [0.25, 0.3) is 0 Å². The lowest BCUT2D eigenvalue weighted by Crippen LogP contribution is -2.32. The van der Waals surface area contributed by atoms with E-state index < -0.39 is 0 Å². The maximum atomic E-state index is 11.9. The third-order valence-corrected chi connectivity index (χ3v) is 3.18. The standard InChI is InChI=1S/C17H20N2O/c1-13-8-10-16(11-9-13)18-12-17(20)19-14(2)15-6-4-3-5-7-15/h3-11,14,18H,12H2,1-2H3,(H,19,20). The van der Waals surface area contributed by atoms with Crippen molar-refractivity contribution in [2.45, 2.75) is 19.9 Å². The topological polar surface area (TPSA) is 41.1 Å². The van der Waals surface area contributed by atoms with Crippen molar-refractivity contribution in [1.82, 2.24) is 5.32 Å². The summed E-state index contributed by atoms with van der Waals surface area (Å²) in [6.07, 6.45) is 0. The van der Waals surface area contributed by atoms with Gasteiger partial charge in [0, 0.05) is 5.69 Å². The molecule has 0 saturated carbocycles. The van der Waals surface area contributed by atoms with Gasteiger partial charge in [0.05, 0.1) is 12.6 Å². The first-order chi connectivity index (χ1) is 9.65. The first-order valence-corrected chi connectivity index (χ1v) is 6.80. The van der Waals surface area contributed by atoms with Gasteiger partial charge in [-0.1, -0.05) is 48.0 Å². The molecule has 3 heteroatoms. The first-order valence-electron chi connectivity index (χ1n) is 6.80. The maximum absolute atomic E-state index is 11.9. The lowest BCUT2D eigenvalue weighted by atomic mass is 10.1. The lowest BCUT2D eigenvalue weighted by molar-refractivity contribution is -0.120. The molecule has 0 fully saturated rings. The Hall–Kier alpha value is -2.29. The van der Waals surface area contributed by atoms with Crippen molar-refractivity contribution in [3.8, 4) is 0 Å². The summed E-state index contributed by atoms with van der Waals surface area (Å²) in [5.41, 5.74) is 3.27. The van der Waals surface area contributed by atoms with Crippen molar-refractivity contribution >= 4 is 11.6 Å². The SMILES string of the molecule is Cc1ccc(NCC(=O)NC(C)c2ccccc2)cc1. The molecule has 0 aromatic heterocycles. The molecule has 0 radical (unpaired) electrons. The number of amides is 1. The summed E-state index contributed by atoms with van der Waals surface area (Å²) >= 11 is 0. The van der Waals surface area contributed by atoms with Crippen molar-refractivity contribution in [2.24, 2.45) is 0 Å². The van der Waals surface area contributed by atoms with Crippen molar-refractivity contribution in [3.63, 3.8) is 0 Å². The molecule has 0 saturated heterocycles. The second kappa shape index (κ2) is 6.75. The Kier molecular flexibility index (Phi) is 4.77. The van der Waals surface area contributed by atoms with Crippen LogP contribution in [-0.4, -0.2) is 12.5 Å². The summed E-state index contributed by atoms with van der Waals surface area (Å²) in [4.78, 5) is 11.9. The molecule has 3 nitrogen and oxygen atoms in total. The smallest absolute Gasteiger partial charge is 0.239 e. The van der Waals surface area contributed by atoms with E-state index in [0.717, 1.165) is 11.3 Å². The normalized spacial score (nSPS) is 11.7. The van der Waals surface area contributed by atoms with Crippen LogP contribution < -0.4 is 10.6 Å². The van der Waals surface area contributed by atoms with Gasteiger partial charge in [0.25, 0.3) is 0 Å². The van der Waals surface area contributed by atoms with E-state index in [1.54, 1.807) is 0 Å². The van der Waals surface area contributed by atoms with E-state index in [0.29, 0.717) is 0 Å². The molecule has 0 aliphatic heterocycles. The highest BCUT2D eigenvalue weighted by Gasteiger charge is 2.08. The largest absolute Gasteiger partial charge is 0.376 e. The van der Waals surface area contributed by atoms with Crippen LogP contribution in [0.5, 0.6) is 0 Å². The van der Waals surface area contributed by atoms with E-state index in [4.69, 9.17) is 0 Å². The summed E-state index contributed by atoms with van der Waals surface area (Å²) in [7, 11) is 0. The minimum Gasteiger partial charge on any atom is -0.376 e. The van der Waals surface area contributed by atoms with Gasteiger partial charge >= 0.3 is 0 Å². The Bertz CT molecular complexity index is 549. The lowest BCUT2D eigenvalue weighted by Gasteiger charge is -2.15. The number of rotatable bonds is 5. The number of hydrogen-bond donors (Lipinski definition) is 2. The van der Waals surface area contributed by atoms with Gasteiger partial charge in [0.2, 0.25) is 5.91 Å². The third-order valence-electron chi connectivity index (χ3n) is 3.18. The number of anilines is 1. The van der Waals surface area contributed by atoms with E-state index in [1.165, 1.54) is 5.56 Å². The number of hydrogen-bond acceptors (Lipinski definition) is 2. The number of nitrogens with one attached hydrogen (secondary N) is 2. The van der Waals surface area contributed by atoms with Crippen LogP contribution in [0.1, 0.15) is 24.1 Å². The highest BCUT2D eigenvalue weighted by Crippen LogP contribution is 2.11. The van der Waals surface area contributed by atoms with E-state index in [1.807, 2.05) is 68.4 Å². The fourth-order valence-corrected chi connectivity index (χ4v) is 1.97. The molecule has 0 heterocycles. The molecule has 2 rings (SSSR count). The van der Waals surface area contributed by atoms with Crippen LogP contribution in [0.4, 0.5) is 5.69 Å². The second-order valence-corrected chi connectivity index (χ2v) is 4.92. The molecule has 2 aromatic carbocycles. The second-order valence-electron chi connectivity index (χ2n) is 4.92. The van der Waals surface area contributed by atoms with Crippen LogP contribution in [0.3, 0.4) is 0 Å². The fourth-order valence-electron chi connectivity index (χ4n) is 1.97. The molecule has 0 spiro atoms. The molecular weight excluding hydrogens is 248 g/mol. The van der Waals surface area contributed by atoms with E-state index in [-0.39, 0.29) is 18.5 Å². The van der Waals surface area contributed by atoms with Crippen LogP contribution in [0, 0.1) is 6.92 Å². The minimum atomic E-state index is -0.0121. The zero-order chi connectivity index (χ0) is 14.4. The van der Waals surface area contributed by atoms with Gasteiger partial charge in [-0.25, -0.2) is 0 Å². The van der Waals surface area contributed by atoms with Gasteiger partial charge in [-0.05, 0) is 31.5 Å². The van der Waals surface area contributed by atoms with Gasteiger partial charge in [-0.3, -0.25) is 4.79 Å². The number of aryl methyl sites for hydroxylation is 1. The molecule has 1 atom stereocenters. The van der Waals surface area contributed by atoms with Crippen LogP contribution in [-0.2, 0) is 4.79 Å². The summed E-state index contributed by atoms with van der Waals surface area (Å²) in [6.45, 7) is 4.30. The highest BCUT2D eigenvalue weighted by molar-refractivity contribution is 5.81. The van der Waals surface area contributed by atoms with Crippen LogP contribution in [0.15, 0.2) is 54.6 Å². The van der Waals surface area contributed by atoms with Gasteiger partial charge in [-0.2, -0.15) is 0 Å². The van der Waals surface area contributed by atoms with Gasteiger partial charge in [-0.15, -0.1) is 0 Å². The molecule has 20 heavy (non-hydrogen) atoms. The molecule has 0 bridgehead atoms. The Balaban J connectivity index is 1.82. The van der Waals surface area contributed by atoms with Crippen molar-refractivity contribution in [1.29, 1.82) is 0 Å². The monoisotopic (exact) mass is 268 g/mol. The summed E-state index contributed by atoms with van der Waals surface area (Å²) in [5, 5.41) is 6.09. The van der Waals surface area contributed by atoms with Crippen molar-refractivity contribution < 1.29 is 4.79 Å². The van der Waals surface area contributed by atoms with E-state index >= 15 is 0 Å². The molecule has 2 aromatic rings. The average molecular weight is 268 g/mol. The minimum absolute atomic E-state index is 0.0121. The van der Waals surface area contributed by atoms with Crippen LogP contribution >= 0.6 is 0 Å². The van der Waals surface area contributed by atoms with Gasteiger partial charge in [0.1, 0.15) is 0 Å². The quantitative estimate of drug-likeness (QED) is 0.873. The zero-order valence-corrected chi connectivity index (χ0v) is 11.9. The third kappa shape index (κ3) is 4.12. The van der Waals surface area contributed by atoms with E-state index in [9.17, 15) is 4.79 Å². The molecule has 0 aliphatic rings. The summed E-state index contributed by atoms with van der Waals surface area (Å²) in [5.74, 6) is -0.0121. The van der Waals surface area contributed by atoms with Gasteiger partial charge in [0.15, 0.2) is 0 Å². The maximum Gasteiger partial charge on any atom is 0.239 e. The predicted molar refractivity (Wildman–Crippen MR) is 82.7 cm³/mol. The first kappa shape index (κ1) is 14.1. The van der Waals surface area contributed by atoms with E-state index in [2.05, 4.69) is 10.6 Å². The molecule has 104 valence electrons.